The first-order valence-electron chi connectivity index (χ1n) is 4.99. The molecule has 0 fully saturated rings. The molecule has 0 aromatic heterocycles. The molecule has 0 amide bonds. The van der Waals surface area contributed by atoms with Gasteiger partial charge in [0.05, 0.1) is 0 Å². The molecule has 0 saturated carbocycles. The molecule has 1 aromatic rings. The van der Waals surface area contributed by atoms with Crippen LogP contribution < -0.4 is 0 Å². The van der Waals surface area contributed by atoms with E-state index in [4.69, 9.17) is 16.7 Å². The molecule has 0 bridgehead atoms. The Morgan fingerprint density at radius 2 is 2.06 bits per heavy atom. The van der Waals surface area contributed by atoms with Crippen molar-refractivity contribution in [1.29, 1.82) is 0 Å². The number of aliphatic hydroxyl groups is 1. The highest BCUT2D eigenvalue weighted by atomic mass is 35.5. The lowest BCUT2D eigenvalue weighted by Gasteiger charge is -2.15. The van der Waals surface area contributed by atoms with Gasteiger partial charge in [-0.05, 0) is 24.1 Å². The lowest BCUT2D eigenvalue weighted by Crippen LogP contribution is -2.08. The number of benzene rings is 1. The summed E-state index contributed by atoms with van der Waals surface area (Å²) in [5, 5.41) is 9.68. The molecule has 1 aromatic carbocycles. The summed E-state index contributed by atoms with van der Waals surface area (Å²) >= 11 is 5.72. The molecule has 0 aliphatic rings. The van der Waals surface area contributed by atoms with Crippen LogP contribution in [0.2, 0.25) is 5.02 Å². The highest BCUT2D eigenvalue weighted by Crippen LogP contribution is 2.33. The first-order valence-corrected chi connectivity index (χ1v) is 6.36. The minimum Gasteiger partial charge on any atom is -0.396 e. The maximum Gasteiger partial charge on any atom is 0.441 e. The predicted molar refractivity (Wildman–Crippen MR) is 64.4 cm³/mol. The van der Waals surface area contributed by atoms with Crippen molar-refractivity contribution in [2.24, 2.45) is 0 Å². The molecule has 1 unspecified atom stereocenters. The molecule has 0 heterocycles. The van der Waals surface area contributed by atoms with E-state index in [-0.39, 0.29) is 36.5 Å². The van der Waals surface area contributed by atoms with Gasteiger partial charge in [-0.15, -0.1) is 0 Å². The minimum absolute atomic E-state index is 0.0680. The summed E-state index contributed by atoms with van der Waals surface area (Å²) in [6, 6.07) is 6.83. The van der Waals surface area contributed by atoms with Crippen LogP contribution in [0.25, 0.3) is 0 Å². The second kappa shape index (κ2) is 6.52. The first kappa shape index (κ1) is 14.7. The van der Waals surface area contributed by atoms with E-state index in [1.165, 1.54) is 0 Å². The summed E-state index contributed by atoms with van der Waals surface area (Å²) in [6.07, 6.45) is 0.265. The van der Waals surface area contributed by atoms with E-state index in [0.29, 0.717) is 5.02 Å². The van der Waals surface area contributed by atoms with E-state index < -0.39 is 5.51 Å². The molecule has 1 atom stereocenters. The van der Waals surface area contributed by atoms with Crippen molar-refractivity contribution in [3.63, 3.8) is 0 Å². The zero-order valence-corrected chi connectivity index (χ0v) is 10.4. The summed E-state index contributed by atoms with van der Waals surface area (Å²) in [6.45, 7) is -0.182. The molecule has 0 aliphatic carbocycles. The third-order valence-electron chi connectivity index (χ3n) is 2.27. The van der Waals surface area contributed by atoms with Gasteiger partial charge in [-0.25, -0.2) is 0 Å². The fourth-order valence-corrected chi connectivity index (χ4v) is 2.27. The fraction of sp³-hybridized carbons (Fsp3) is 0.455. The Hall–Kier alpha value is -0.390. The SMILES string of the molecule is OCC(CCSC(F)(F)F)c1cccc(Cl)c1. The van der Waals surface area contributed by atoms with Crippen molar-refractivity contribution in [2.75, 3.05) is 12.4 Å². The highest BCUT2D eigenvalue weighted by molar-refractivity contribution is 8.00. The zero-order chi connectivity index (χ0) is 12.9. The second-order valence-electron chi connectivity index (χ2n) is 3.52. The third-order valence-corrected chi connectivity index (χ3v) is 3.27. The summed E-state index contributed by atoms with van der Waals surface area (Å²) < 4.78 is 35.9. The maximum absolute atomic E-state index is 12.0. The van der Waals surface area contributed by atoms with Gasteiger partial charge in [-0.3, -0.25) is 0 Å². The molecule has 1 rings (SSSR count). The van der Waals surface area contributed by atoms with Gasteiger partial charge < -0.3 is 5.11 Å². The van der Waals surface area contributed by atoms with Gasteiger partial charge in [-0.2, -0.15) is 13.2 Å². The Kier molecular flexibility index (Phi) is 5.62. The van der Waals surface area contributed by atoms with Gasteiger partial charge in [0.25, 0.3) is 0 Å². The van der Waals surface area contributed by atoms with Crippen LogP contribution in [-0.4, -0.2) is 23.0 Å². The zero-order valence-electron chi connectivity index (χ0n) is 8.88. The normalized spacial score (nSPS) is 13.7. The summed E-state index contributed by atoms with van der Waals surface area (Å²) in [5.41, 5.74) is -3.45. The number of halogens is 4. The van der Waals surface area contributed by atoms with Crippen LogP contribution in [0.4, 0.5) is 13.2 Å². The molecular weight excluding hydrogens is 273 g/mol. The third kappa shape index (κ3) is 5.66. The van der Waals surface area contributed by atoms with E-state index in [1.807, 2.05) is 0 Å². The lowest BCUT2D eigenvalue weighted by molar-refractivity contribution is -0.0328. The number of hydrogen-bond acceptors (Lipinski definition) is 2. The summed E-state index contributed by atoms with van der Waals surface area (Å²) in [5.74, 6) is -0.370. The number of alkyl halides is 3. The van der Waals surface area contributed by atoms with Crippen LogP contribution in [0.5, 0.6) is 0 Å². The fourth-order valence-electron chi connectivity index (χ4n) is 1.44. The van der Waals surface area contributed by atoms with E-state index in [9.17, 15) is 13.2 Å². The first-order chi connectivity index (χ1) is 7.92. The quantitative estimate of drug-likeness (QED) is 0.880. The van der Waals surface area contributed by atoms with Gasteiger partial charge in [-0.1, -0.05) is 35.5 Å². The molecule has 1 N–H and O–H groups in total. The van der Waals surface area contributed by atoms with Crippen molar-refractivity contribution in [3.05, 3.63) is 34.9 Å². The van der Waals surface area contributed by atoms with E-state index in [2.05, 4.69) is 0 Å². The van der Waals surface area contributed by atoms with Crippen molar-refractivity contribution in [2.45, 2.75) is 17.8 Å². The predicted octanol–water partition coefficient (Wildman–Crippen LogP) is 4.06. The summed E-state index contributed by atoms with van der Waals surface area (Å²) in [4.78, 5) is 0. The molecule has 1 nitrogen and oxygen atoms in total. The number of hydrogen-bond donors (Lipinski definition) is 1. The van der Waals surface area contributed by atoms with Gasteiger partial charge >= 0.3 is 5.51 Å². The Labute approximate surface area is 107 Å². The highest BCUT2D eigenvalue weighted by Gasteiger charge is 2.28. The molecule has 0 aliphatic heterocycles. The second-order valence-corrected chi connectivity index (χ2v) is 5.11. The Balaban J connectivity index is 2.54. The molecule has 6 heteroatoms. The van der Waals surface area contributed by atoms with Gasteiger partial charge in [0.15, 0.2) is 0 Å². The van der Waals surface area contributed by atoms with Crippen molar-refractivity contribution < 1.29 is 18.3 Å². The number of rotatable bonds is 5. The maximum atomic E-state index is 12.0. The van der Waals surface area contributed by atoms with Crippen LogP contribution in [-0.2, 0) is 0 Å². The Bertz CT molecular complexity index is 357. The van der Waals surface area contributed by atoms with Crippen LogP contribution in [0, 0.1) is 0 Å². The molecule has 17 heavy (non-hydrogen) atoms. The van der Waals surface area contributed by atoms with Crippen molar-refractivity contribution >= 4 is 23.4 Å². The van der Waals surface area contributed by atoms with Crippen molar-refractivity contribution in [3.8, 4) is 0 Å². The topological polar surface area (TPSA) is 20.2 Å². The van der Waals surface area contributed by atoms with Crippen LogP contribution in [0.15, 0.2) is 24.3 Å². The molecule has 96 valence electrons. The van der Waals surface area contributed by atoms with Crippen LogP contribution >= 0.6 is 23.4 Å². The average Bonchev–Trinajstić information content (AvgIpc) is 2.23. The van der Waals surface area contributed by atoms with Gasteiger partial charge in [0.2, 0.25) is 0 Å². The van der Waals surface area contributed by atoms with Crippen molar-refractivity contribution in [1.82, 2.24) is 0 Å². The molecule has 0 spiro atoms. The lowest BCUT2D eigenvalue weighted by atomic mass is 9.98. The van der Waals surface area contributed by atoms with Crippen LogP contribution in [0.3, 0.4) is 0 Å². The van der Waals surface area contributed by atoms with Crippen LogP contribution in [0.1, 0.15) is 17.9 Å². The molecule has 0 saturated heterocycles. The van der Waals surface area contributed by atoms with E-state index in [0.717, 1.165) is 5.56 Å². The number of aliphatic hydroxyl groups excluding tert-OH is 1. The molecule has 0 radical (unpaired) electrons. The smallest absolute Gasteiger partial charge is 0.396 e. The average molecular weight is 285 g/mol. The van der Waals surface area contributed by atoms with Gasteiger partial charge in [0, 0.05) is 23.3 Å². The Morgan fingerprint density at radius 1 is 1.35 bits per heavy atom. The largest absolute Gasteiger partial charge is 0.441 e. The summed E-state index contributed by atoms with van der Waals surface area (Å²) in [7, 11) is 0. The standard InChI is InChI=1S/C11H12ClF3OS/c12-10-3-1-2-8(6-10)9(7-16)4-5-17-11(13,14)15/h1-3,6,9,16H,4-5,7H2. The number of thioether (sulfide) groups is 1. The van der Waals surface area contributed by atoms with E-state index in [1.54, 1.807) is 24.3 Å². The molecular formula is C11H12ClF3OS. The minimum atomic E-state index is -4.21. The monoisotopic (exact) mass is 284 g/mol. The van der Waals surface area contributed by atoms with E-state index >= 15 is 0 Å². The Morgan fingerprint density at radius 3 is 2.59 bits per heavy atom. The van der Waals surface area contributed by atoms with Gasteiger partial charge in [0.1, 0.15) is 0 Å².